The molecule has 5 nitrogen and oxygen atoms in total. The van der Waals surface area contributed by atoms with E-state index in [2.05, 4.69) is 4.90 Å². The summed E-state index contributed by atoms with van der Waals surface area (Å²) in [4.78, 5) is 27.1. The number of morpholine rings is 1. The molecular formula is C13H22N2O3S. The van der Waals surface area contributed by atoms with Gasteiger partial charge in [-0.1, -0.05) is 11.8 Å². The zero-order chi connectivity index (χ0) is 13.7. The van der Waals surface area contributed by atoms with Crippen molar-refractivity contribution in [3.8, 4) is 0 Å². The van der Waals surface area contributed by atoms with Gasteiger partial charge in [-0.05, 0) is 6.42 Å². The van der Waals surface area contributed by atoms with E-state index in [1.807, 2.05) is 4.90 Å². The molecule has 19 heavy (non-hydrogen) atoms. The standard InChI is InChI=1S/C13H22N2O3S/c1-11(16)19-12-9-13(17)15(10-12)4-2-3-14-5-7-18-8-6-14/h12H,2-10H2,1H3. The lowest BCUT2D eigenvalue weighted by atomic mass is 10.3. The molecular weight excluding hydrogens is 264 g/mol. The van der Waals surface area contributed by atoms with E-state index < -0.39 is 0 Å². The Morgan fingerprint density at radius 3 is 2.79 bits per heavy atom. The number of amides is 1. The first kappa shape index (κ1) is 14.8. The predicted molar refractivity (Wildman–Crippen MR) is 75.1 cm³/mol. The summed E-state index contributed by atoms with van der Waals surface area (Å²) in [5, 5.41) is 0.265. The van der Waals surface area contributed by atoms with Crippen LogP contribution in [0.4, 0.5) is 0 Å². The van der Waals surface area contributed by atoms with Crippen LogP contribution in [0, 0.1) is 0 Å². The van der Waals surface area contributed by atoms with Gasteiger partial charge >= 0.3 is 0 Å². The topological polar surface area (TPSA) is 49.9 Å². The smallest absolute Gasteiger partial charge is 0.223 e. The van der Waals surface area contributed by atoms with Gasteiger partial charge in [-0.25, -0.2) is 0 Å². The van der Waals surface area contributed by atoms with Crippen LogP contribution in [0.3, 0.4) is 0 Å². The molecule has 2 aliphatic rings. The van der Waals surface area contributed by atoms with Gasteiger partial charge in [0, 0.05) is 51.3 Å². The Hall–Kier alpha value is -0.590. The average molecular weight is 286 g/mol. The molecule has 0 aromatic rings. The molecule has 2 fully saturated rings. The van der Waals surface area contributed by atoms with Gasteiger partial charge in [-0.2, -0.15) is 0 Å². The quantitative estimate of drug-likeness (QED) is 0.740. The minimum atomic E-state index is 0.105. The van der Waals surface area contributed by atoms with Gasteiger partial charge in [-0.3, -0.25) is 14.5 Å². The van der Waals surface area contributed by atoms with E-state index in [1.54, 1.807) is 6.92 Å². The Labute approximate surface area is 118 Å². The average Bonchev–Trinajstić information content (AvgIpc) is 2.70. The van der Waals surface area contributed by atoms with Crippen LogP contribution >= 0.6 is 11.8 Å². The van der Waals surface area contributed by atoms with Crippen LogP contribution in [0.25, 0.3) is 0 Å². The van der Waals surface area contributed by atoms with E-state index in [0.717, 1.165) is 52.4 Å². The molecule has 0 N–H and O–H groups in total. The molecule has 2 saturated heterocycles. The largest absolute Gasteiger partial charge is 0.379 e. The zero-order valence-electron chi connectivity index (χ0n) is 11.5. The van der Waals surface area contributed by atoms with Crippen molar-refractivity contribution in [2.75, 3.05) is 45.9 Å². The molecule has 1 unspecified atom stereocenters. The Morgan fingerprint density at radius 2 is 2.11 bits per heavy atom. The van der Waals surface area contributed by atoms with Gasteiger partial charge in [0.15, 0.2) is 5.12 Å². The van der Waals surface area contributed by atoms with Crippen LogP contribution in [0.1, 0.15) is 19.8 Å². The van der Waals surface area contributed by atoms with E-state index in [9.17, 15) is 9.59 Å². The summed E-state index contributed by atoms with van der Waals surface area (Å²) < 4.78 is 5.31. The lowest BCUT2D eigenvalue weighted by Crippen LogP contribution is -2.38. The lowest BCUT2D eigenvalue weighted by Gasteiger charge is -2.27. The van der Waals surface area contributed by atoms with E-state index >= 15 is 0 Å². The summed E-state index contributed by atoms with van der Waals surface area (Å²) in [6.07, 6.45) is 1.52. The molecule has 0 bridgehead atoms. The van der Waals surface area contributed by atoms with Crippen LogP contribution < -0.4 is 0 Å². The molecule has 0 aliphatic carbocycles. The Balaban J connectivity index is 1.65. The summed E-state index contributed by atoms with van der Waals surface area (Å²) in [5.74, 6) is 0.195. The van der Waals surface area contributed by atoms with Crippen LogP contribution in [0.15, 0.2) is 0 Å². The first-order valence-electron chi connectivity index (χ1n) is 6.90. The van der Waals surface area contributed by atoms with Gasteiger partial charge in [0.2, 0.25) is 5.91 Å². The predicted octanol–water partition coefficient (Wildman–Crippen LogP) is 0.589. The van der Waals surface area contributed by atoms with Gasteiger partial charge in [0.05, 0.1) is 13.2 Å². The van der Waals surface area contributed by atoms with Gasteiger partial charge in [-0.15, -0.1) is 0 Å². The Morgan fingerprint density at radius 1 is 1.37 bits per heavy atom. The van der Waals surface area contributed by atoms with E-state index in [-0.39, 0.29) is 16.3 Å². The van der Waals surface area contributed by atoms with Crippen molar-refractivity contribution in [1.29, 1.82) is 0 Å². The molecule has 0 radical (unpaired) electrons. The summed E-state index contributed by atoms with van der Waals surface area (Å²) in [6.45, 7) is 7.76. The third-order valence-electron chi connectivity index (χ3n) is 3.52. The van der Waals surface area contributed by atoms with Gasteiger partial charge in [0.25, 0.3) is 0 Å². The van der Waals surface area contributed by atoms with Crippen molar-refractivity contribution >= 4 is 22.8 Å². The van der Waals surface area contributed by atoms with Gasteiger partial charge in [0.1, 0.15) is 0 Å². The number of hydrogen-bond donors (Lipinski definition) is 0. The maximum Gasteiger partial charge on any atom is 0.223 e. The number of carbonyl (C=O) groups excluding carboxylic acids is 2. The minimum absolute atomic E-state index is 0.105. The van der Waals surface area contributed by atoms with Crippen molar-refractivity contribution in [2.24, 2.45) is 0 Å². The first-order chi connectivity index (χ1) is 9.15. The molecule has 0 aromatic heterocycles. The highest BCUT2D eigenvalue weighted by molar-refractivity contribution is 8.14. The van der Waals surface area contributed by atoms with Crippen molar-refractivity contribution in [3.05, 3.63) is 0 Å². The molecule has 0 aromatic carbocycles. The number of thioether (sulfide) groups is 1. The molecule has 108 valence electrons. The van der Waals surface area contributed by atoms with E-state index in [1.165, 1.54) is 11.8 Å². The first-order valence-corrected chi connectivity index (χ1v) is 7.78. The highest BCUT2D eigenvalue weighted by atomic mass is 32.2. The van der Waals surface area contributed by atoms with Crippen LogP contribution in [-0.4, -0.2) is 72.0 Å². The molecule has 2 heterocycles. The van der Waals surface area contributed by atoms with Gasteiger partial charge < -0.3 is 9.64 Å². The third-order valence-corrected chi connectivity index (χ3v) is 4.50. The fourth-order valence-corrected chi connectivity index (χ4v) is 3.53. The minimum Gasteiger partial charge on any atom is -0.379 e. The Bertz CT molecular complexity index is 332. The number of hydrogen-bond acceptors (Lipinski definition) is 5. The summed E-state index contributed by atoms with van der Waals surface area (Å²) in [6, 6.07) is 0. The number of nitrogens with zero attached hydrogens (tertiary/aromatic N) is 2. The fourth-order valence-electron chi connectivity index (χ4n) is 2.58. The molecule has 2 aliphatic heterocycles. The number of rotatable bonds is 5. The van der Waals surface area contributed by atoms with Crippen LogP contribution in [0.5, 0.6) is 0 Å². The Kier molecular flexibility index (Phi) is 5.66. The summed E-state index contributed by atoms with van der Waals surface area (Å²) in [7, 11) is 0. The molecule has 6 heteroatoms. The molecule has 1 atom stereocenters. The molecule has 2 rings (SSSR count). The summed E-state index contributed by atoms with van der Waals surface area (Å²) in [5.41, 5.74) is 0. The van der Waals surface area contributed by atoms with Crippen molar-refractivity contribution in [3.63, 3.8) is 0 Å². The normalized spacial score (nSPS) is 25.0. The second kappa shape index (κ2) is 7.26. The molecule has 0 saturated carbocycles. The number of likely N-dealkylation sites (tertiary alicyclic amines) is 1. The fraction of sp³-hybridized carbons (Fsp3) is 0.846. The van der Waals surface area contributed by atoms with Crippen molar-refractivity contribution in [1.82, 2.24) is 9.80 Å². The third kappa shape index (κ3) is 4.78. The van der Waals surface area contributed by atoms with E-state index in [4.69, 9.17) is 4.74 Å². The molecule has 1 amide bonds. The second-order valence-corrected chi connectivity index (χ2v) is 6.56. The van der Waals surface area contributed by atoms with Crippen molar-refractivity contribution in [2.45, 2.75) is 25.0 Å². The maximum atomic E-state index is 11.8. The van der Waals surface area contributed by atoms with Crippen molar-refractivity contribution < 1.29 is 14.3 Å². The highest BCUT2D eigenvalue weighted by Gasteiger charge is 2.30. The lowest BCUT2D eigenvalue weighted by molar-refractivity contribution is -0.127. The molecule has 0 spiro atoms. The second-order valence-electron chi connectivity index (χ2n) is 5.08. The SMILES string of the molecule is CC(=O)SC1CC(=O)N(CCCN2CCOCC2)C1. The monoisotopic (exact) mass is 286 g/mol. The summed E-state index contributed by atoms with van der Waals surface area (Å²) >= 11 is 1.30. The number of carbonyl (C=O) groups is 2. The zero-order valence-corrected chi connectivity index (χ0v) is 12.3. The van der Waals surface area contributed by atoms with Crippen LogP contribution in [0.2, 0.25) is 0 Å². The number of ether oxygens (including phenoxy) is 1. The van der Waals surface area contributed by atoms with E-state index in [0.29, 0.717) is 6.42 Å². The maximum absolute atomic E-state index is 11.8. The highest BCUT2D eigenvalue weighted by Crippen LogP contribution is 2.24. The van der Waals surface area contributed by atoms with Crippen LogP contribution in [-0.2, 0) is 14.3 Å².